The number of β-amino-alcohol motifs (C(OH)–C–C–N with tert-alkyl or cyclic N) is 1. The van der Waals surface area contributed by atoms with Crippen LogP contribution in [0, 0.1) is 0 Å². The average Bonchev–Trinajstić information content (AvgIpc) is 2.85. The molecular weight excluding hydrogens is 298 g/mol. The van der Waals surface area contributed by atoms with E-state index in [0.29, 0.717) is 19.0 Å². The Balaban J connectivity index is 1.85. The van der Waals surface area contributed by atoms with Crippen LogP contribution >= 0.6 is 0 Å². The van der Waals surface area contributed by atoms with Gasteiger partial charge in [-0.25, -0.2) is 9.78 Å². The van der Waals surface area contributed by atoms with Crippen LogP contribution in [-0.2, 0) is 11.3 Å². The smallest absolute Gasteiger partial charge is 0.410 e. The summed E-state index contributed by atoms with van der Waals surface area (Å²) in [5.41, 5.74) is 0.441. The first-order chi connectivity index (χ1) is 10.8. The van der Waals surface area contributed by atoms with E-state index in [1.54, 1.807) is 19.4 Å². The van der Waals surface area contributed by atoms with Gasteiger partial charge in [0.15, 0.2) is 0 Å². The number of hydrogen-bond donors (Lipinski definition) is 2. The second-order valence-corrected chi connectivity index (χ2v) is 6.65. The van der Waals surface area contributed by atoms with Crippen molar-refractivity contribution >= 4 is 6.09 Å². The van der Waals surface area contributed by atoms with Crippen LogP contribution in [0.4, 0.5) is 4.79 Å². The number of methoxy groups -OCH3 is 1. The quantitative estimate of drug-likeness (QED) is 0.865. The molecule has 1 aliphatic heterocycles. The third kappa shape index (κ3) is 5.07. The highest BCUT2D eigenvalue weighted by molar-refractivity contribution is 5.68. The minimum absolute atomic E-state index is 0.190. The van der Waals surface area contributed by atoms with Crippen LogP contribution in [-0.4, -0.2) is 59.0 Å². The fourth-order valence-corrected chi connectivity index (χ4v) is 2.35. The van der Waals surface area contributed by atoms with Crippen LogP contribution in [0.1, 0.15) is 26.3 Å². The van der Waals surface area contributed by atoms with Crippen LogP contribution < -0.4 is 10.1 Å². The van der Waals surface area contributed by atoms with E-state index in [1.165, 1.54) is 4.90 Å². The number of nitrogens with zero attached hydrogens (tertiary/aromatic N) is 2. The Labute approximate surface area is 136 Å². The molecule has 1 aromatic rings. The van der Waals surface area contributed by atoms with Crippen molar-refractivity contribution in [3.05, 3.63) is 23.9 Å². The van der Waals surface area contributed by atoms with Crippen molar-refractivity contribution in [2.24, 2.45) is 0 Å². The predicted molar refractivity (Wildman–Crippen MR) is 85.2 cm³/mol. The van der Waals surface area contributed by atoms with Gasteiger partial charge in [-0.05, 0) is 26.3 Å². The molecule has 128 valence electrons. The molecule has 0 unspecified atom stereocenters. The Bertz CT molecular complexity index is 527. The Morgan fingerprint density at radius 1 is 1.43 bits per heavy atom. The molecule has 1 aliphatic rings. The van der Waals surface area contributed by atoms with E-state index in [4.69, 9.17) is 9.47 Å². The predicted octanol–water partition coefficient (Wildman–Crippen LogP) is 1.16. The van der Waals surface area contributed by atoms with Crippen LogP contribution in [0.25, 0.3) is 0 Å². The molecule has 0 aromatic carbocycles. The molecule has 0 radical (unpaired) electrons. The zero-order valence-corrected chi connectivity index (χ0v) is 14.1. The van der Waals surface area contributed by atoms with E-state index in [1.807, 2.05) is 26.8 Å². The summed E-state index contributed by atoms with van der Waals surface area (Å²) in [4.78, 5) is 17.7. The Kier molecular flexibility index (Phi) is 5.43. The summed E-state index contributed by atoms with van der Waals surface area (Å²) in [6, 6.07) is 3.51. The number of ether oxygens (including phenoxy) is 2. The van der Waals surface area contributed by atoms with Gasteiger partial charge in [-0.15, -0.1) is 0 Å². The fraction of sp³-hybridized carbons (Fsp3) is 0.625. The first-order valence-electron chi connectivity index (χ1n) is 7.67. The molecule has 0 aliphatic carbocycles. The lowest BCUT2D eigenvalue weighted by atomic mass is 10.2. The van der Waals surface area contributed by atoms with Crippen molar-refractivity contribution in [1.82, 2.24) is 15.2 Å². The van der Waals surface area contributed by atoms with Crippen molar-refractivity contribution in [2.45, 2.75) is 45.1 Å². The summed E-state index contributed by atoms with van der Waals surface area (Å²) < 4.78 is 10.3. The fourth-order valence-electron chi connectivity index (χ4n) is 2.35. The molecule has 0 spiro atoms. The maximum absolute atomic E-state index is 12.0. The molecule has 0 bridgehead atoms. The standard InChI is InChI=1S/C16H25N3O4/c1-16(2,3)23-15(21)19-9-12(13(20)10-19)17-7-11-5-6-14(22-4)18-8-11/h5-6,8,12-13,17,20H,7,9-10H2,1-4H3/t12-,13-/m1/s1. The minimum Gasteiger partial charge on any atom is -0.481 e. The monoisotopic (exact) mass is 323 g/mol. The van der Waals surface area contributed by atoms with Gasteiger partial charge in [-0.1, -0.05) is 6.07 Å². The van der Waals surface area contributed by atoms with Gasteiger partial charge in [0.25, 0.3) is 0 Å². The van der Waals surface area contributed by atoms with E-state index in [-0.39, 0.29) is 12.6 Å². The lowest BCUT2D eigenvalue weighted by Gasteiger charge is -2.24. The summed E-state index contributed by atoms with van der Waals surface area (Å²) in [5.74, 6) is 0.561. The van der Waals surface area contributed by atoms with Gasteiger partial charge in [0.05, 0.1) is 25.8 Å². The van der Waals surface area contributed by atoms with Crippen LogP contribution in [0.2, 0.25) is 0 Å². The van der Waals surface area contributed by atoms with Gasteiger partial charge in [-0.3, -0.25) is 0 Å². The summed E-state index contributed by atoms with van der Waals surface area (Å²) >= 11 is 0. The number of likely N-dealkylation sites (tertiary alicyclic amines) is 1. The number of carbonyl (C=O) groups is 1. The van der Waals surface area contributed by atoms with Gasteiger partial charge in [0.1, 0.15) is 5.60 Å². The van der Waals surface area contributed by atoms with Crippen molar-refractivity contribution < 1.29 is 19.4 Å². The molecular formula is C16H25N3O4. The topological polar surface area (TPSA) is 83.9 Å². The average molecular weight is 323 g/mol. The van der Waals surface area contributed by atoms with Gasteiger partial charge in [0, 0.05) is 25.4 Å². The maximum Gasteiger partial charge on any atom is 0.410 e. The molecule has 0 saturated carbocycles. The third-order valence-corrected chi connectivity index (χ3v) is 3.52. The lowest BCUT2D eigenvalue weighted by Crippen LogP contribution is -2.39. The van der Waals surface area contributed by atoms with Gasteiger partial charge < -0.3 is 24.8 Å². The van der Waals surface area contributed by atoms with Crippen LogP contribution in [0.5, 0.6) is 5.88 Å². The normalized spacial score (nSPS) is 21.3. The number of pyridine rings is 1. The second kappa shape index (κ2) is 7.14. The lowest BCUT2D eigenvalue weighted by molar-refractivity contribution is 0.0270. The van der Waals surface area contributed by atoms with E-state index in [2.05, 4.69) is 10.3 Å². The Hall–Kier alpha value is -1.86. The van der Waals surface area contributed by atoms with Crippen molar-refractivity contribution in [3.63, 3.8) is 0 Å². The van der Waals surface area contributed by atoms with Crippen molar-refractivity contribution in [3.8, 4) is 5.88 Å². The molecule has 23 heavy (non-hydrogen) atoms. The zero-order valence-electron chi connectivity index (χ0n) is 14.1. The summed E-state index contributed by atoms with van der Waals surface area (Å²) in [7, 11) is 1.57. The number of aromatic nitrogens is 1. The molecule has 2 rings (SSSR count). The number of carbonyl (C=O) groups excluding carboxylic acids is 1. The number of aliphatic hydroxyl groups is 1. The Morgan fingerprint density at radius 3 is 2.74 bits per heavy atom. The van der Waals surface area contributed by atoms with Crippen molar-refractivity contribution in [2.75, 3.05) is 20.2 Å². The number of amides is 1. The molecule has 1 aromatic heterocycles. The van der Waals surface area contributed by atoms with Crippen molar-refractivity contribution in [1.29, 1.82) is 0 Å². The first-order valence-corrected chi connectivity index (χ1v) is 7.67. The number of hydrogen-bond acceptors (Lipinski definition) is 6. The van der Waals surface area contributed by atoms with E-state index in [0.717, 1.165) is 5.56 Å². The van der Waals surface area contributed by atoms with Crippen LogP contribution in [0.3, 0.4) is 0 Å². The molecule has 2 N–H and O–H groups in total. The molecule has 7 heteroatoms. The highest BCUT2D eigenvalue weighted by Crippen LogP contribution is 2.16. The summed E-state index contributed by atoms with van der Waals surface area (Å²) in [6.07, 6.45) is 0.708. The molecule has 1 saturated heterocycles. The SMILES string of the molecule is COc1ccc(CN[C@@H]2CN(C(=O)OC(C)(C)C)C[C@H]2O)cn1. The highest BCUT2D eigenvalue weighted by Gasteiger charge is 2.35. The highest BCUT2D eigenvalue weighted by atomic mass is 16.6. The summed E-state index contributed by atoms with van der Waals surface area (Å²) in [6.45, 7) is 6.71. The van der Waals surface area contributed by atoms with Gasteiger partial charge in [-0.2, -0.15) is 0 Å². The number of rotatable bonds is 4. The molecule has 2 heterocycles. The molecule has 2 atom stereocenters. The Morgan fingerprint density at radius 2 is 2.17 bits per heavy atom. The maximum atomic E-state index is 12.0. The van der Waals surface area contributed by atoms with Gasteiger partial charge >= 0.3 is 6.09 Å². The van der Waals surface area contributed by atoms with E-state index < -0.39 is 17.8 Å². The third-order valence-electron chi connectivity index (χ3n) is 3.52. The molecule has 1 amide bonds. The molecule has 1 fully saturated rings. The second-order valence-electron chi connectivity index (χ2n) is 6.65. The number of nitrogens with one attached hydrogen (secondary N) is 1. The van der Waals surface area contributed by atoms with Gasteiger partial charge in [0.2, 0.25) is 5.88 Å². The minimum atomic E-state index is -0.617. The first kappa shape index (κ1) is 17.5. The van der Waals surface area contributed by atoms with Crippen LogP contribution in [0.15, 0.2) is 18.3 Å². The zero-order chi connectivity index (χ0) is 17.0. The summed E-state index contributed by atoms with van der Waals surface area (Å²) in [5, 5.41) is 13.4. The van der Waals surface area contributed by atoms with E-state index >= 15 is 0 Å². The number of aliphatic hydroxyl groups excluding tert-OH is 1. The van der Waals surface area contributed by atoms with E-state index in [9.17, 15) is 9.90 Å². The molecule has 7 nitrogen and oxygen atoms in total. The largest absolute Gasteiger partial charge is 0.481 e.